The van der Waals surface area contributed by atoms with Gasteiger partial charge in [0.25, 0.3) is 0 Å². The average Bonchev–Trinajstić information content (AvgIpc) is 3.09. The predicted octanol–water partition coefficient (Wildman–Crippen LogP) is 2.60. The minimum Gasteiger partial charge on any atom is -0.467 e. The lowest BCUT2D eigenvalue weighted by Gasteiger charge is -2.39. The summed E-state index contributed by atoms with van der Waals surface area (Å²) < 4.78 is 10.5. The molecule has 1 aromatic rings. The zero-order valence-corrected chi connectivity index (χ0v) is 14.0. The number of methoxy groups -OCH3 is 1. The smallest absolute Gasteiger partial charge is 0.315 e. The Bertz CT molecular complexity index is 471. The second kappa shape index (κ2) is 8.36. The Morgan fingerprint density at radius 3 is 2.78 bits per heavy atom. The Labute approximate surface area is 137 Å². The number of carbonyl (C=O) groups is 1. The molecule has 1 aromatic heterocycles. The summed E-state index contributed by atoms with van der Waals surface area (Å²) in [6.45, 7) is 2.17. The lowest BCUT2D eigenvalue weighted by Crippen LogP contribution is -2.57. The molecule has 6 nitrogen and oxygen atoms in total. The van der Waals surface area contributed by atoms with Crippen molar-refractivity contribution < 1.29 is 19.1 Å². The Morgan fingerprint density at radius 2 is 2.22 bits per heavy atom. The molecule has 1 saturated carbocycles. The molecule has 0 bridgehead atoms. The van der Waals surface area contributed by atoms with E-state index in [1.165, 1.54) is 6.42 Å². The summed E-state index contributed by atoms with van der Waals surface area (Å²) in [6, 6.07) is 2.91. The van der Waals surface area contributed by atoms with Gasteiger partial charge in [-0.2, -0.15) is 0 Å². The zero-order chi connectivity index (χ0) is 16.7. The van der Waals surface area contributed by atoms with Gasteiger partial charge in [-0.1, -0.05) is 19.3 Å². The maximum atomic E-state index is 12.4. The molecule has 2 rings (SSSR count). The van der Waals surface area contributed by atoms with E-state index in [2.05, 4.69) is 10.6 Å². The van der Waals surface area contributed by atoms with Gasteiger partial charge in [-0.25, -0.2) is 4.79 Å². The first-order chi connectivity index (χ1) is 11.1. The van der Waals surface area contributed by atoms with Gasteiger partial charge in [0.1, 0.15) is 11.8 Å². The van der Waals surface area contributed by atoms with E-state index in [0.29, 0.717) is 18.3 Å². The summed E-state index contributed by atoms with van der Waals surface area (Å²) in [5.41, 5.74) is -0.606. The largest absolute Gasteiger partial charge is 0.467 e. The predicted molar refractivity (Wildman–Crippen MR) is 87.1 cm³/mol. The van der Waals surface area contributed by atoms with Crippen molar-refractivity contribution in [2.45, 2.75) is 50.6 Å². The number of amides is 2. The monoisotopic (exact) mass is 324 g/mol. The second-order valence-corrected chi connectivity index (χ2v) is 6.53. The van der Waals surface area contributed by atoms with Crippen molar-refractivity contribution >= 4 is 6.03 Å². The molecule has 1 aliphatic carbocycles. The van der Waals surface area contributed by atoms with E-state index in [0.717, 1.165) is 25.7 Å². The van der Waals surface area contributed by atoms with Crippen molar-refractivity contribution in [2.24, 2.45) is 5.92 Å². The molecule has 1 fully saturated rings. The van der Waals surface area contributed by atoms with Gasteiger partial charge in [-0.15, -0.1) is 0 Å². The number of hydrogen-bond acceptors (Lipinski definition) is 4. The van der Waals surface area contributed by atoms with E-state index in [-0.39, 0.29) is 18.7 Å². The highest BCUT2D eigenvalue weighted by Crippen LogP contribution is 2.32. The van der Waals surface area contributed by atoms with Gasteiger partial charge in [0.05, 0.1) is 25.0 Å². The molecule has 0 unspecified atom stereocenters. The summed E-state index contributed by atoms with van der Waals surface area (Å²) >= 11 is 0. The minimum absolute atomic E-state index is 0.0687. The van der Waals surface area contributed by atoms with Crippen molar-refractivity contribution in [1.82, 2.24) is 10.6 Å². The van der Waals surface area contributed by atoms with Crippen molar-refractivity contribution in [3.05, 3.63) is 24.2 Å². The molecule has 1 heterocycles. The van der Waals surface area contributed by atoms with Crippen LogP contribution in [0.25, 0.3) is 0 Å². The van der Waals surface area contributed by atoms with Crippen LogP contribution in [-0.2, 0) is 4.74 Å². The number of nitrogens with one attached hydrogen (secondary N) is 2. The molecular weight excluding hydrogens is 296 g/mol. The average molecular weight is 324 g/mol. The summed E-state index contributed by atoms with van der Waals surface area (Å²) in [5, 5.41) is 15.7. The van der Waals surface area contributed by atoms with Crippen LogP contribution in [0, 0.1) is 5.92 Å². The quantitative estimate of drug-likeness (QED) is 0.720. The topological polar surface area (TPSA) is 83.7 Å². The zero-order valence-electron chi connectivity index (χ0n) is 14.0. The molecular formula is C17H28N2O4. The maximum Gasteiger partial charge on any atom is 0.315 e. The summed E-state index contributed by atoms with van der Waals surface area (Å²) in [4.78, 5) is 12.4. The van der Waals surface area contributed by atoms with Gasteiger partial charge < -0.3 is 24.9 Å². The Kier molecular flexibility index (Phi) is 6.47. The third-order valence-electron chi connectivity index (χ3n) is 4.76. The third kappa shape index (κ3) is 4.72. The molecule has 0 aromatic carbocycles. The Morgan fingerprint density at radius 1 is 1.48 bits per heavy atom. The van der Waals surface area contributed by atoms with Gasteiger partial charge in [0.2, 0.25) is 0 Å². The second-order valence-electron chi connectivity index (χ2n) is 6.53. The SMILES string of the molecule is COC[C@H](NC(=O)N[C@](C)(CO)C1CCCCC1)c1ccco1. The maximum absolute atomic E-state index is 12.4. The number of ether oxygens (including phenoxy) is 1. The molecule has 0 saturated heterocycles. The molecule has 23 heavy (non-hydrogen) atoms. The van der Waals surface area contributed by atoms with Crippen molar-refractivity contribution in [1.29, 1.82) is 0 Å². The van der Waals surface area contributed by atoms with Crippen LogP contribution in [0.3, 0.4) is 0 Å². The molecule has 6 heteroatoms. The highest BCUT2D eigenvalue weighted by atomic mass is 16.5. The normalized spacial score (nSPS) is 19.8. The summed E-state index contributed by atoms with van der Waals surface area (Å²) in [7, 11) is 1.58. The van der Waals surface area contributed by atoms with E-state index >= 15 is 0 Å². The van der Waals surface area contributed by atoms with Crippen molar-refractivity contribution in [2.75, 3.05) is 20.3 Å². The standard InChI is InChI=1S/C17H28N2O4/c1-17(12-20,13-7-4-3-5-8-13)19-16(21)18-14(11-22-2)15-9-6-10-23-15/h6,9-10,13-14,20H,3-5,7-8,11-12H2,1-2H3,(H2,18,19,21)/t14-,17+/m0/s1. The van der Waals surface area contributed by atoms with Crippen LogP contribution in [0.4, 0.5) is 4.79 Å². The van der Waals surface area contributed by atoms with Crippen LogP contribution in [-0.4, -0.2) is 37.0 Å². The van der Waals surface area contributed by atoms with Crippen LogP contribution in [0.5, 0.6) is 0 Å². The fourth-order valence-electron chi connectivity index (χ4n) is 3.32. The highest BCUT2D eigenvalue weighted by Gasteiger charge is 2.36. The number of furan rings is 1. The lowest BCUT2D eigenvalue weighted by atomic mass is 9.76. The van der Waals surface area contributed by atoms with E-state index in [4.69, 9.17) is 9.15 Å². The van der Waals surface area contributed by atoms with Crippen LogP contribution < -0.4 is 10.6 Å². The first-order valence-corrected chi connectivity index (χ1v) is 8.31. The molecule has 0 spiro atoms. The molecule has 0 aliphatic heterocycles. The van der Waals surface area contributed by atoms with E-state index < -0.39 is 5.54 Å². The Balaban J connectivity index is 1.97. The fraction of sp³-hybridized carbons (Fsp3) is 0.706. The van der Waals surface area contributed by atoms with Crippen molar-refractivity contribution in [3.8, 4) is 0 Å². The van der Waals surface area contributed by atoms with Gasteiger partial charge >= 0.3 is 6.03 Å². The number of carbonyl (C=O) groups excluding carboxylic acids is 1. The first-order valence-electron chi connectivity index (χ1n) is 8.31. The van der Waals surface area contributed by atoms with Crippen LogP contribution >= 0.6 is 0 Å². The number of hydrogen-bond donors (Lipinski definition) is 3. The lowest BCUT2D eigenvalue weighted by molar-refractivity contribution is 0.0982. The van der Waals surface area contributed by atoms with Crippen LogP contribution in [0.1, 0.15) is 50.8 Å². The molecule has 0 radical (unpaired) electrons. The summed E-state index contributed by atoms with van der Waals surface area (Å²) in [5.74, 6) is 0.946. The minimum atomic E-state index is -0.606. The molecule has 2 atom stereocenters. The van der Waals surface area contributed by atoms with E-state index in [1.807, 2.05) is 6.92 Å². The van der Waals surface area contributed by atoms with Crippen LogP contribution in [0.2, 0.25) is 0 Å². The molecule has 2 amide bonds. The third-order valence-corrected chi connectivity index (χ3v) is 4.76. The first kappa shape index (κ1) is 17.8. The van der Waals surface area contributed by atoms with Gasteiger partial charge in [0.15, 0.2) is 0 Å². The van der Waals surface area contributed by atoms with Gasteiger partial charge in [-0.05, 0) is 37.8 Å². The van der Waals surface area contributed by atoms with Crippen molar-refractivity contribution in [3.63, 3.8) is 0 Å². The molecule has 1 aliphatic rings. The number of rotatable bonds is 7. The van der Waals surface area contributed by atoms with Crippen LogP contribution in [0.15, 0.2) is 22.8 Å². The molecule has 3 N–H and O–H groups in total. The summed E-state index contributed by atoms with van der Waals surface area (Å²) in [6.07, 6.45) is 7.19. The van der Waals surface area contributed by atoms with Gasteiger partial charge in [-0.3, -0.25) is 0 Å². The Hall–Kier alpha value is -1.53. The van der Waals surface area contributed by atoms with Gasteiger partial charge in [0, 0.05) is 7.11 Å². The van der Waals surface area contributed by atoms with E-state index in [9.17, 15) is 9.90 Å². The number of aliphatic hydroxyl groups is 1. The molecule has 130 valence electrons. The van der Waals surface area contributed by atoms with E-state index in [1.54, 1.807) is 25.5 Å². The number of urea groups is 1. The number of aliphatic hydroxyl groups excluding tert-OH is 1. The fourth-order valence-corrected chi connectivity index (χ4v) is 3.32. The highest BCUT2D eigenvalue weighted by molar-refractivity contribution is 5.75.